The molecule has 0 aromatic heterocycles. The van der Waals surface area contributed by atoms with Crippen LogP contribution in [-0.2, 0) is 25.7 Å². The van der Waals surface area contributed by atoms with Gasteiger partial charge in [0.1, 0.15) is 17.8 Å². The zero-order valence-corrected chi connectivity index (χ0v) is 16.6. The second-order valence-electron chi connectivity index (χ2n) is 7.37. The lowest BCUT2D eigenvalue weighted by atomic mass is 9.98. The molecule has 29 heavy (non-hydrogen) atoms. The third-order valence-electron chi connectivity index (χ3n) is 5.33. The summed E-state index contributed by atoms with van der Waals surface area (Å²) in [5, 5.41) is 2.70. The lowest BCUT2D eigenvalue weighted by Gasteiger charge is -2.20. The maximum absolute atomic E-state index is 12.5. The number of imide groups is 1. The molecule has 0 radical (unpaired) electrons. The van der Waals surface area contributed by atoms with Crippen LogP contribution in [0.15, 0.2) is 24.3 Å². The van der Waals surface area contributed by atoms with Crippen LogP contribution in [0.3, 0.4) is 0 Å². The Kier molecular flexibility index (Phi) is 6.05. The Hall–Kier alpha value is -3.10. The third kappa shape index (κ3) is 4.49. The van der Waals surface area contributed by atoms with Crippen molar-refractivity contribution in [1.29, 1.82) is 0 Å². The van der Waals surface area contributed by atoms with Crippen LogP contribution in [0, 0.1) is 0 Å². The summed E-state index contributed by atoms with van der Waals surface area (Å²) in [5.74, 6) is -0.904. The standard InChI is InChI=1S/C20H25N3O6/c1-22(11-14-6-5-7-15(10-14)28-2)16(24)13-29-17(25)12-23-18(26)20(21-19(23)27)8-3-4-9-20/h5-7,10H,3-4,8-9,11-13H2,1-2H3,(H,21,27). The molecule has 0 unspecified atom stereocenters. The lowest BCUT2D eigenvalue weighted by Crippen LogP contribution is -2.44. The first-order chi connectivity index (χ1) is 13.8. The molecule has 9 heteroatoms. The van der Waals surface area contributed by atoms with E-state index in [-0.39, 0.29) is 0 Å². The fourth-order valence-electron chi connectivity index (χ4n) is 3.70. The molecule has 1 aliphatic carbocycles. The molecule has 1 aromatic rings. The first-order valence-electron chi connectivity index (χ1n) is 9.51. The first-order valence-corrected chi connectivity index (χ1v) is 9.51. The topological polar surface area (TPSA) is 105 Å². The summed E-state index contributed by atoms with van der Waals surface area (Å²) < 4.78 is 10.1. The number of nitrogens with one attached hydrogen (secondary N) is 1. The summed E-state index contributed by atoms with van der Waals surface area (Å²) in [6.07, 6.45) is 2.88. The minimum Gasteiger partial charge on any atom is -0.497 e. The number of hydrogen-bond acceptors (Lipinski definition) is 6. The Morgan fingerprint density at radius 1 is 1.24 bits per heavy atom. The number of benzene rings is 1. The van der Waals surface area contributed by atoms with Crippen LogP contribution in [0.4, 0.5) is 4.79 Å². The molecular formula is C20H25N3O6. The second kappa shape index (κ2) is 8.50. The van der Waals surface area contributed by atoms with Crippen LogP contribution in [0.5, 0.6) is 5.75 Å². The van der Waals surface area contributed by atoms with Crippen molar-refractivity contribution in [3.8, 4) is 5.75 Å². The Balaban J connectivity index is 1.48. The van der Waals surface area contributed by atoms with Crippen molar-refractivity contribution < 1.29 is 28.7 Å². The first kappa shape index (κ1) is 20.6. The monoisotopic (exact) mass is 403 g/mol. The van der Waals surface area contributed by atoms with Gasteiger partial charge in [0.15, 0.2) is 6.61 Å². The lowest BCUT2D eigenvalue weighted by molar-refractivity contribution is -0.153. The molecule has 0 atom stereocenters. The molecule has 1 spiro atoms. The van der Waals surface area contributed by atoms with Crippen molar-refractivity contribution in [1.82, 2.24) is 15.1 Å². The normalized spacial score (nSPS) is 17.4. The summed E-state index contributed by atoms with van der Waals surface area (Å²) in [5.41, 5.74) is -0.00263. The molecule has 3 rings (SSSR count). The van der Waals surface area contributed by atoms with E-state index in [1.54, 1.807) is 20.2 Å². The van der Waals surface area contributed by atoms with Gasteiger partial charge in [-0.25, -0.2) is 4.79 Å². The van der Waals surface area contributed by atoms with Crippen molar-refractivity contribution in [2.45, 2.75) is 37.8 Å². The number of carbonyl (C=O) groups excluding carboxylic acids is 4. The molecule has 0 bridgehead atoms. The number of urea groups is 1. The highest BCUT2D eigenvalue weighted by molar-refractivity contribution is 6.08. The molecule has 2 fully saturated rings. The number of esters is 1. The summed E-state index contributed by atoms with van der Waals surface area (Å²) >= 11 is 0. The number of ether oxygens (including phenoxy) is 2. The highest BCUT2D eigenvalue weighted by atomic mass is 16.5. The predicted octanol–water partition coefficient (Wildman–Crippen LogP) is 1.06. The summed E-state index contributed by atoms with van der Waals surface area (Å²) in [7, 11) is 3.16. The van der Waals surface area contributed by atoms with E-state index < -0.39 is 42.5 Å². The molecule has 1 aromatic carbocycles. The third-order valence-corrected chi connectivity index (χ3v) is 5.33. The largest absolute Gasteiger partial charge is 0.497 e. The number of likely N-dealkylation sites (N-methyl/N-ethyl adjacent to an activating group) is 1. The molecule has 1 saturated carbocycles. The van der Waals surface area contributed by atoms with Crippen LogP contribution in [0.25, 0.3) is 0 Å². The van der Waals surface area contributed by atoms with Gasteiger partial charge in [-0.2, -0.15) is 0 Å². The zero-order valence-electron chi connectivity index (χ0n) is 16.6. The SMILES string of the molecule is COc1cccc(CN(C)C(=O)COC(=O)CN2C(=O)NC3(CCCC3)C2=O)c1. The maximum atomic E-state index is 12.5. The van der Waals surface area contributed by atoms with E-state index >= 15 is 0 Å². The molecule has 9 nitrogen and oxygen atoms in total. The van der Waals surface area contributed by atoms with E-state index in [2.05, 4.69) is 5.32 Å². The van der Waals surface area contributed by atoms with E-state index in [1.165, 1.54) is 4.90 Å². The summed E-state index contributed by atoms with van der Waals surface area (Å²) in [6, 6.07) is 6.71. The van der Waals surface area contributed by atoms with E-state index in [1.807, 2.05) is 18.2 Å². The van der Waals surface area contributed by atoms with Gasteiger partial charge in [-0.15, -0.1) is 0 Å². The van der Waals surface area contributed by atoms with Gasteiger partial charge in [0, 0.05) is 13.6 Å². The molecular weight excluding hydrogens is 378 g/mol. The van der Waals surface area contributed by atoms with Gasteiger partial charge in [-0.05, 0) is 30.5 Å². The van der Waals surface area contributed by atoms with E-state index in [9.17, 15) is 19.2 Å². The highest BCUT2D eigenvalue weighted by Gasteiger charge is 2.52. The highest BCUT2D eigenvalue weighted by Crippen LogP contribution is 2.34. The Morgan fingerprint density at radius 2 is 1.97 bits per heavy atom. The number of methoxy groups -OCH3 is 1. The zero-order chi connectivity index (χ0) is 21.0. The van der Waals surface area contributed by atoms with Crippen molar-refractivity contribution in [3.05, 3.63) is 29.8 Å². The number of amides is 4. The van der Waals surface area contributed by atoms with Crippen molar-refractivity contribution in [3.63, 3.8) is 0 Å². The quantitative estimate of drug-likeness (QED) is 0.539. The predicted molar refractivity (Wildman–Crippen MR) is 102 cm³/mol. The average Bonchev–Trinajstić information content (AvgIpc) is 3.27. The van der Waals surface area contributed by atoms with E-state index in [0.717, 1.165) is 23.3 Å². The molecule has 1 saturated heterocycles. The molecule has 1 heterocycles. The summed E-state index contributed by atoms with van der Waals surface area (Å²) in [6.45, 7) is -0.642. The number of carbonyl (C=O) groups is 4. The Labute approximate surface area is 168 Å². The molecule has 2 aliphatic rings. The maximum Gasteiger partial charge on any atom is 0.326 e. The van der Waals surface area contributed by atoms with E-state index in [4.69, 9.17) is 9.47 Å². The van der Waals surface area contributed by atoms with Gasteiger partial charge in [-0.3, -0.25) is 19.3 Å². The fraction of sp³-hybridized carbons (Fsp3) is 0.500. The van der Waals surface area contributed by atoms with Crippen LogP contribution < -0.4 is 10.1 Å². The van der Waals surface area contributed by atoms with E-state index in [0.29, 0.717) is 25.1 Å². The minimum atomic E-state index is -0.871. The minimum absolute atomic E-state index is 0.323. The Morgan fingerprint density at radius 3 is 2.66 bits per heavy atom. The van der Waals surface area contributed by atoms with Crippen LogP contribution >= 0.6 is 0 Å². The fourth-order valence-corrected chi connectivity index (χ4v) is 3.70. The molecule has 156 valence electrons. The van der Waals surface area contributed by atoms with Gasteiger partial charge in [0.2, 0.25) is 0 Å². The van der Waals surface area contributed by atoms with Crippen LogP contribution in [0.2, 0.25) is 0 Å². The number of rotatable bonds is 7. The molecule has 1 N–H and O–H groups in total. The van der Waals surface area contributed by atoms with Gasteiger partial charge in [0.05, 0.1) is 7.11 Å². The van der Waals surface area contributed by atoms with Crippen molar-refractivity contribution >= 4 is 23.8 Å². The Bertz CT molecular complexity index is 818. The van der Waals surface area contributed by atoms with Gasteiger partial charge in [0.25, 0.3) is 11.8 Å². The van der Waals surface area contributed by atoms with Crippen LogP contribution in [-0.4, -0.2) is 66.5 Å². The second-order valence-corrected chi connectivity index (χ2v) is 7.37. The van der Waals surface area contributed by atoms with Crippen molar-refractivity contribution in [2.24, 2.45) is 0 Å². The summed E-state index contributed by atoms with van der Waals surface area (Å²) in [4.78, 5) is 51.2. The average molecular weight is 403 g/mol. The number of hydrogen-bond donors (Lipinski definition) is 1. The van der Waals surface area contributed by atoms with Crippen molar-refractivity contribution in [2.75, 3.05) is 27.3 Å². The molecule has 4 amide bonds. The van der Waals surface area contributed by atoms with Gasteiger partial charge >= 0.3 is 12.0 Å². The van der Waals surface area contributed by atoms with Gasteiger partial charge < -0.3 is 19.7 Å². The molecule has 1 aliphatic heterocycles. The van der Waals surface area contributed by atoms with Gasteiger partial charge in [-0.1, -0.05) is 25.0 Å². The number of nitrogens with zero attached hydrogens (tertiary/aromatic N) is 2. The smallest absolute Gasteiger partial charge is 0.326 e. The van der Waals surface area contributed by atoms with Crippen LogP contribution in [0.1, 0.15) is 31.2 Å².